The molecular formula is C11H14N4O2. The van der Waals surface area contributed by atoms with E-state index in [0.29, 0.717) is 13.0 Å². The zero-order valence-corrected chi connectivity index (χ0v) is 9.14. The molecule has 0 saturated carbocycles. The SMILES string of the molecule is N=C(N)C(NC=O)C(=O)NCc1ccccc1. The van der Waals surface area contributed by atoms with Crippen molar-refractivity contribution in [3.05, 3.63) is 35.9 Å². The Morgan fingerprint density at radius 2 is 2.06 bits per heavy atom. The van der Waals surface area contributed by atoms with Crippen LogP contribution in [0.1, 0.15) is 5.56 Å². The van der Waals surface area contributed by atoms with Crippen molar-refractivity contribution in [2.45, 2.75) is 12.6 Å². The van der Waals surface area contributed by atoms with Crippen LogP contribution < -0.4 is 16.4 Å². The Bertz CT molecular complexity index is 405. The monoisotopic (exact) mass is 234 g/mol. The molecule has 2 amide bonds. The smallest absolute Gasteiger partial charge is 0.250 e. The molecule has 5 N–H and O–H groups in total. The number of nitrogens with one attached hydrogen (secondary N) is 3. The number of carbonyl (C=O) groups excluding carboxylic acids is 2. The fraction of sp³-hybridized carbons (Fsp3) is 0.182. The molecule has 1 aromatic carbocycles. The van der Waals surface area contributed by atoms with Crippen LogP contribution in [0.4, 0.5) is 0 Å². The van der Waals surface area contributed by atoms with Gasteiger partial charge in [0.2, 0.25) is 6.41 Å². The summed E-state index contributed by atoms with van der Waals surface area (Å²) in [6, 6.07) is 8.18. The molecule has 0 spiro atoms. The minimum Gasteiger partial charge on any atom is -0.385 e. The molecule has 0 radical (unpaired) electrons. The molecule has 1 aromatic rings. The molecule has 90 valence electrons. The summed E-state index contributed by atoms with van der Waals surface area (Å²) in [6.07, 6.45) is 0.341. The molecule has 0 aromatic heterocycles. The van der Waals surface area contributed by atoms with Crippen LogP contribution in [0.15, 0.2) is 30.3 Å². The predicted octanol–water partition coefficient (Wildman–Crippen LogP) is -0.647. The van der Waals surface area contributed by atoms with E-state index < -0.39 is 17.8 Å². The molecule has 0 aliphatic carbocycles. The van der Waals surface area contributed by atoms with Gasteiger partial charge >= 0.3 is 0 Å². The van der Waals surface area contributed by atoms with Gasteiger partial charge in [-0.1, -0.05) is 30.3 Å². The third kappa shape index (κ3) is 3.94. The zero-order chi connectivity index (χ0) is 12.7. The second kappa shape index (κ2) is 6.26. The van der Waals surface area contributed by atoms with Crippen LogP contribution in [0.5, 0.6) is 0 Å². The van der Waals surface area contributed by atoms with E-state index in [9.17, 15) is 9.59 Å². The number of amides is 2. The van der Waals surface area contributed by atoms with E-state index >= 15 is 0 Å². The third-order valence-electron chi connectivity index (χ3n) is 2.12. The minimum atomic E-state index is -1.11. The van der Waals surface area contributed by atoms with Crippen LogP contribution in [0.2, 0.25) is 0 Å². The van der Waals surface area contributed by atoms with Crippen LogP contribution in [-0.2, 0) is 16.1 Å². The molecule has 0 fully saturated rings. The van der Waals surface area contributed by atoms with E-state index in [-0.39, 0.29) is 0 Å². The third-order valence-corrected chi connectivity index (χ3v) is 2.12. The van der Waals surface area contributed by atoms with E-state index in [0.717, 1.165) is 5.56 Å². The molecule has 1 unspecified atom stereocenters. The van der Waals surface area contributed by atoms with Gasteiger partial charge in [0.1, 0.15) is 5.84 Å². The Labute approximate surface area is 98.7 Å². The van der Waals surface area contributed by atoms with E-state index in [2.05, 4.69) is 10.6 Å². The number of hydrogen-bond acceptors (Lipinski definition) is 3. The molecule has 0 aliphatic rings. The molecule has 0 bridgehead atoms. The van der Waals surface area contributed by atoms with E-state index in [1.165, 1.54) is 0 Å². The van der Waals surface area contributed by atoms with Crippen LogP contribution >= 0.6 is 0 Å². The average Bonchev–Trinajstić information content (AvgIpc) is 2.34. The van der Waals surface area contributed by atoms with Gasteiger partial charge in [0, 0.05) is 6.54 Å². The fourth-order valence-corrected chi connectivity index (χ4v) is 1.26. The first-order valence-corrected chi connectivity index (χ1v) is 5.00. The zero-order valence-electron chi connectivity index (χ0n) is 9.14. The van der Waals surface area contributed by atoms with Crippen molar-refractivity contribution in [2.75, 3.05) is 0 Å². The highest BCUT2D eigenvalue weighted by atomic mass is 16.2. The summed E-state index contributed by atoms with van der Waals surface area (Å²) in [7, 11) is 0. The lowest BCUT2D eigenvalue weighted by atomic mass is 10.2. The second-order valence-electron chi connectivity index (χ2n) is 3.38. The van der Waals surface area contributed by atoms with Crippen LogP contribution in [0, 0.1) is 5.41 Å². The maximum absolute atomic E-state index is 11.6. The number of amidine groups is 1. The molecule has 1 atom stereocenters. The van der Waals surface area contributed by atoms with Gasteiger partial charge in [-0.2, -0.15) is 0 Å². The van der Waals surface area contributed by atoms with E-state index in [4.69, 9.17) is 11.1 Å². The number of hydrogen-bond donors (Lipinski definition) is 4. The number of benzene rings is 1. The van der Waals surface area contributed by atoms with Gasteiger partial charge in [0.05, 0.1) is 0 Å². The lowest BCUT2D eigenvalue weighted by Crippen LogP contribution is -2.51. The predicted molar refractivity (Wildman–Crippen MR) is 63.2 cm³/mol. The summed E-state index contributed by atoms with van der Waals surface area (Å²) in [4.78, 5) is 21.8. The number of nitrogens with two attached hydrogens (primary N) is 1. The van der Waals surface area contributed by atoms with Crippen molar-refractivity contribution in [1.82, 2.24) is 10.6 Å². The van der Waals surface area contributed by atoms with Crippen LogP contribution in [-0.4, -0.2) is 24.2 Å². The molecular weight excluding hydrogens is 220 g/mol. The summed E-state index contributed by atoms with van der Waals surface area (Å²) in [5.74, 6) is -0.906. The maximum atomic E-state index is 11.6. The quantitative estimate of drug-likeness (QED) is 0.298. The van der Waals surface area contributed by atoms with Gasteiger partial charge in [0.15, 0.2) is 6.04 Å². The molecule has 0 aliphatic heterocycles. The Morgan fingerprint density at radius 1 is 1.41 bits per heavy atom. The summed E-state index contributed by atoms with van der Waals surface area (Å²) in [5.41, 5.74) is 6.12. The van der Waals surface area contributed by atoms with Crippen molar-refractivity contribution in [3.8, 4) is 0 Å². The Kier molecular flexibility index (Phi) is 4.68. The van der Waals surface area contributed by atoms with E-state index in [1.54, 1.807) is 0 Å². The summed E-state index contributed by atoms with van der Waals surface area (Å²) in [5, 5.41) is 11.9. The number of carbonyl (C=O) groups is 2. The van der Waals surface area contributed by atoms with Crippen molar-refractivity contribution in [1.29, 1.82) is 5.41 Å². The highest BCUT2D eigenvalue weighted by Gasteiger charge is 2.19. The standard InChI is InChI=1S/C11H14N4O2/c12-10(13)9(15-7-16)11(17)14-6-8-4-2-1-3-5-8/h1-5,7,9H,6H2,(H3,12,13)(H,14,17)(H,15,16). The first kappa shape index (κ1) is 12.7. The minimum absolute atomic E-state index is 0.323. The van der Waals surface area contributed by atoms with Crippen molar-refractivity contribution < 1.29 is 9.59 Å². The fourth-order valence-electron chi connectivity index (χ4n) is 1.26. The van der Waals surface area contributed by atoms with Crippen LogP contribution in [0.25, 0.3) is 0 Å². The topological polar surface area (TPSA) is 108 Å². The Hall–Kier alpha value is -2.37. The lowest BCUT2D eigenvalue weighted by molar-refractivity contribution is -0.123. The first-order valence-electron chi connectivity index (χ1n) is 5.00. The largest absolute Gasteiger partial charge is 0.385 e. The summed E-state index contributed by atoms with van der Waals surface area (Å²) >= 11 is 0. The van der Waals surface area contributed by atoms with E-state index in [1.807, 2.05) is 30.3 Å². The first-order chi connectivity index (χ1) is 8.15. The molecule has 0 saturated heterocycles. The Morgan fingerprint density at radius 3 is 2.59 bits per heavy atom. The molecule has 6 heteroatoms. The van der Waals surface area contributed by atoms with Crippen molar-refractivity contribution in [2.24, 2.45) is 5.73 Å². The van der Waals surface area contributed by atoms with Crippen molar-refractivity contribution >= 4 is 18.2 Å². The average molecular weight is 234 g/mol. The lowest BCUT2D eigenvalue weighted by Gasteiger charge is -2.14. The highest BCUT2D eigenvalue weighted by Crippen LogP contribution is 1.97. The number of rotatable bonds is 6. The molecule has 1 rings (SSSR count). The van der Waals surface area contributed by atoms with Crippen molar-refractivity contribution in [3.63, 3.8) is 0 Å². The van der Waals surface area contributed by atoms with Crippen LogP contribution in [0.3, 0.4) is 0 Å². The van der Waals surface area contributed by atoms with Gasteiger partial charge in [-0.3, -0.25) is 15.0 Å². The van der Waals surface area contributed by atoms with Gasteiger partial charge in [-0.25, -0.2) is 0 Å². The van der Waals surface area contributed by atoms with Gasteiger partial charge in [-0.15, -0.1) is 0 Å². The Balaban J connectivity index is 2.53. The second-order valence-corrected chi connectivity index (χ2v) is 3.38. The van der Waals surface area contributed by atoms with Gasteiger partial charge < -0.3 is 16.4 Å². The summed E-state index contributed by atoms with van der Waals surface area (Å²) in [6.45, 7) is 0.323. The van der Waals surface area contributed by atoms with Gasteiger partial charge in [0.25, 0.3) is 5.91 Å². The van der Waals surface area contributed by atoms with Gasteiger partial charge in [-0.05, 0) is 5.56 Å². The molecule has 0 heterocycles. The highest BCUT2D eigenvalue weighted by molar-refractivity contribution is 6.06. The maximum Gasteiger partial charge on any atom is 0.250 e. The molecule has 6 nitrogen and oxygen atoms in total. The molecule has 17 heavy (non-hydrogen) atoms. The normalized spacial score (nSPS) is 11.3. The summed E-state index contributed by atoms with van der Waals surface area (Å²) < 4.78 is 0.